The molecule has 0 fully saturated rings. The van der Waals surface area contributed by atoms with Crippen LogP contribution in [0.3, 0.4) is 0 Å². The van der Waals surface area contributed by atoms with E-state index in [1.807, 2.05) is 27.7 Å². The van der Waals surface area contributed by atoms with Crippen molar-refractivity contribution in [3.05, 3.63) is 16.6 Å². The number of anilines is 1. The summed E-state index contributed by atoms with van der Waals surface area (Å²) in [6.45, 7) is 8.53. The van der Waals surface area contributed by atoms with Crippen LogP contribution in [0, 0.1) is 5.92 Å². The number of hydrogen-bond donors (Lipinski definition) is 3. The smallest absolute Gasteiger partial charge is 0.263 e. The molecular weight excluding hydrogens is 258 g/mol. The molecular formula is C13H21N5O2. The van der Waals surface area contributed by atoms with Crippen LogP contribution in [0.15, 0.2) is 11.0 Å². The zero-order valence-corrected chi connectivity index (χ0v) is 12.3. The molecule has 0 aliphatic rings. The third kappa shape index (κ3) is 2.82. The van der Waals surface area contributed by atoms with Crippen LogP contribution >= 0.6 is 0 Å². The summed E-state index contributed by atoms with van der Waals surface area (Å²) in [6, 6.07) is 0. The van der Waals surface area contributed by atoms with Crippen molar-refractivity contribution in [1.82, 2.24) is 19.7 Å². The molecule has 2 rings (SSSR count). The summed E-state index contributed by atoms with van der Waals surface area (Å²) >= 11 is 0. The van der Waals surface area contributed by atoms with E-state index in [-0.39, 0.29) is 23.6 Å². The fraction of sp³-hybridized carbons (Fsp3) is 0.615. The molecule has 7 heteroatoms. The van der Waals surface area contributed by atoms with E-state index in [0.717, 1.165) is 0 Å². The van der Waals surface area contributed by atoms with E-state index >= 15 is 0 Å². The van der Waals surface area contributed by atoms with Crippen molar-refractivity contribution in [2.45, 2.75) is 33.2 Å². The van der Waals surface area contributed by atoms with Gasteiger partial charge >= 0.3 is 0 Å². The third-order valence-electron chi connectivity index (χ3n) is 3.00. The van der Waals surface area contributed by atoms with Gasteiger partial charge in [-0.2, -0.15) is 10.1 Å². The zero-order chi connectivity index (χ0) is 14.9. The van der Waals surface area contributed by atoms with Crippen LogP contribution in [-0.2, 0) is 5.54 Å². The molecule has 0 aliphatic heterocycles. The molecule has 0 radical (unpaired) electrons. The van der Waals surface area contributed by atoms with Gasteiger partial charge in [0.05, 0.1) is 11.7 Å². The number of aliphatic hydroxyl groups is 1. The fourth-order valence-corrected chi connectivity index (χ4v) is 1.83. The van der Waals surface area contributed by atoms with E-state index < -0.39 is 0 Å². The predicted molar refractivity (Wildman–Crippen MR) is 77.9 cm³/mol. The monoisotopic (exact) mass is 279 g/mol. The Balaban J connectivity index is 2.42. The molecule has 2 aromatic heterocycles. The molecule has 110 valence electrons. The highest BCUT2D eigenvalue weighted by molar-refractivity contribution is 5.74. The van der Waals surface area contributed by atoms with Gasteiger partial charge in [-0.25, -0.2) is 4.68 Å². The molecule has 0 spiro atoms. The van der Waals surface area contributed by atoms with E-state index in [4.69, 9.17) is 5.11 Å². The molecule has 0 aliphatic carbocycles. The minimum Gasteiger partial charge on any atom is -0.396 e. The highest BCUT2D eigenvalue weighted by Gasteiger charge is 2.19. The lowest BCUT2D eigenvalue weighted by atomic mass is 10.1. The van der Waals surface area contributed by atoms with E-state index in [2.05, 4.69) is 20.4 Å². The normalized spacial score (nSPS) is 13.7. The second-order valence-corrected chi connectivity index (χ2v) is 6.05. The number of rotatable bonds is 4. The van der Waals surface area contributed by atoms with Gasteiger partial charge in [-0.15, -0.1) is 0 Å². The maximum Gasteiger partial charge on any atom is 0.263 e. The van der Waals surface area contributed by atoms with Gasteiger partial charge in [0.25, 0.3) is 5.56 Å². The lowest BCUT2D eigenvalue weighted by Crippen LogP contribution is -2.25. The number of aromatic nitrogens is 4. The number of aromatic amines is 1. The van der Waals surface area contributed by atoms with Crippen molar-refractivity contribution in [1.29, 1.82) is 0 Å². The number of aliphatic hydroxyl groups excluding tert-OH is 1. The van der Waals surface area contributed by atoms with Crippen molar-refractivity contribution in [3.8, 4) is 0 Å². The van der Waals surface area contributed by atoms with Crippen LogP contribution < -0.4 is 10.9 Å². The first-order chi connectivity index (χ1) is 9.32. The van der Waals surface area contributed by atoms with Crippen LogP contribution in [-0.4, -0.2) is 38.0 Å². The molecule has 0 saturated heterocycles. The molecule has 20 heavy (non-hydrogen) atoms. The summed E-state index contributed by atoms with van der Waals surface area (Å²) in [5.41, 5.74) is 0.0862. The van der Waals surface area contributed by atoms with E-state index in [1.54, 1.807) is 4.68 Å². The molecule has 0 saturated carbocycles. The summed E-state index contributed by atoms with van der Waals surface area (Å²) in [5, 5.41) is 16.8. The summed E-state index contributed by atoms with van der Waals surface area (Å²) in [7, 11) is 0. The van der Waals surface area contributed by atoms with Gasteiger partial charge in [-0.3, -0.25) is 9.78 Å². The first-order valence-corrected chi connectivity index (χ1v) is 6.66. The highest BCUT2D eigenvalue weighted by Crippen LogP contribution is 2.18. The number of hydrogen-bond acceptors (Lipinski definition) is 5. The van der Waals surface area contributed by atoms with Crippen molar-refractivity contribution >= 4 is 17.0 Å². The fourth-order valence-electron chi connectivity index (χ4n) is 1.83. The molecule has 2 heterocycles. The Kier molecular flexibility index (Phi) is 3.80. The minimum atomic E-state index is -0.252. The molecule has 0 amide bonds. The van der Waals surface area contributed by atoms with Gasteiger partial charge in [0.1, 0.15) is 5.39 Å². The van der Waals surface area contributed by atoms with Gasteiger partial charge < -0.3 is 10.4 Å². The highest BCUT2D eigenvalue weighted by atomic mass is 16.3. The largest absolute Gasteiger partial charge is 0.396 e. The zero-order valence-electron chi connectivity index (χ0n) is 12.3. The summed E-state index contributed by atoms with van der Waals surface area (Å²) in [5.74, 6) is 0.484. The maximum atomic E-state index is 12.0. The summed E-state index contributed by atoms with van der Waals surface area (Å²) in [6.07, 6.45) is 1.53. The van der Waals surface area contributed by atoms with Gasteiger partial charge in [0.2, 0.25) is 5.95 Å². The van der Waals surface area contributed by atoms with Crippen molar-refractivity contribution in [3.63, 3.8) is 0 Å². The minimum absolute atomic E-state index is 0.0827. The Morgan fingerprint density at radius 3 is 2.80 bits per heavy atom. The SMILES string of the molecule is CC(CO)CNc1nc2c(cnn2C(C)(C)C)c(=O)[nH]1. The van der Waals surface area contributed by atoms with Gasteiger partial charge in [-0.05, 0) is 26.7 Å². The van der Waals surface area contributed by atoms with Crippen molar-refractivity contribution < 1.29 is 5.11 Å². The standard InChI is InChI=1S/C13H21N5O2/c1-8(7-19)5-14-12-16-10-9(11(20)17-12)6-15-18(10)13(2,3)4/h6,8,19H,5,7H2,1-4H3,(H2,14,16,17,20). The molecule has 1 atom stereocenters. The first kappa shape index (κ1) is 14.5. The predicted octanol–water partition coefficient (Wildman–Crippen LogP) is 0.915. The Morgan fingerprint density at radius 2 is 2.20 bits per heavy atom. The van der Waals surface area contributed by atoms with Crippen LogP contribution in [0.5, 0.6) is 0 Å². The number of nitrogens with one attached hydrogen (secondary N) is 2. The van der Waals surface area contributed by atoms with E-state index in [1.165, 1.54) is 6.20 Å². The quantitative estimate of drug-likeness (QED) is 0.773. The topological polar surface area (TPSA) is 95.8 Å². The Morgan fingerprint density at radius 1 is 1.50 bits per heavy atom. The second kappa shape index (κ2) is 5.24. The lowest BCUT2D eigenvalue weighted by Gasteiger charge is -2.19. The molecule has 3 N–H and O–H groups in total. The Labute approximate surface area is 117 Å². The second-order valence-electron chi connectivity index (χ2n) is 6.05. The molecule has 2 aromatic rings. The summed E-state index contributed by atoms with van der Waals surface area (Å²) in [4.78, 5) is 19.1. The van der Waals surface area contributed by atoms with Crippen LogP contribution in [0.1, 0.15) is 27.7 Å². The Hall–Kier alpha value is -1.89. The number of H-pyrrole nitrogens is 1. The van der Waals surface area contributed by atoms with Gasteiger partial charge in [0.15, 0.2) is 5.65 Å². The van der Waals surface area contributed by atoms with Gasteiger partial charge in [0, 0.05) is 13.2 Å². The van der Waals surface area contributed by atoms with Crippen molar-refractivity contribution in [2.24, 2.45) is 5.92 Å². The molecule has 0 aromatic carbocycles. The number of fused-ring (bicyclic) bond motifs is 1. The average Bonchev–Trinajstić information content (AvgIpc) is 2.80. The van der Waals surface area contributed by atoms with E-state index in [0.29, 0.717) is 23.5 Å². The van der Waals surface area contributed by atoms with Gasteiger partial charge in [-0.1, -0.05) is 6.92 Å². The first-order valence-electron chi connectivity index (χ1n) is 6.66. The van der Waals surface area contributed by atoms with Crippen molar-refractivity contribution in [2.75, 3.05) is 18.5 Å². The van der Waals surface area contributed by atoms with Crippen LogP contribution in [0.4, 0.5) is 5.95 Å². The third-order valence-corrected chi connectivity index (χ3v) is 3.00. The Bertz CT molecular complexity index is 653. The summed E-state index contributed by atoms with van der Waals surface area (Å²) < 4.78 is 1.73. The molecule has 0 bridgehead atoms. The average molecular weight is 279 g/mol. The lowest BCUT2D eigenvalue weighted by molar-refractivity contribution is 0.244. The molecule has 7 nitrogen and oxygen atoms in total. The van der Waals surface area contributed by atoms with Crippen LogP contribution in [0.25, 0.3) is 11.0 Å². The number of nitrogens with zero attached hydrogens (tertiary/aromatic N) is 3. The maximum absolute atomic E-state index is 12.0. The van der Waals surface area contributed by atoms with E-state index in [9.17, 15) is 4.79 Å². The molecule has 1 unspecified atom stereocenters. The van der Waals surface area contributed by atoms with Crippen LogP contribution in [0.2, 0.25) is 0 Å².